The maximum atomic E-state index is 12.2. The molecule has 0 aliphatic heterocycles. The SMILES string of the molecule is CCNC(=O)COc1ccc(NC(=O)NC(C)c2cc3ccccc3o2)cc1. The van der Waals surface area contributed by atoms with Gasteiger partial charge in [-0.1, -0.05) is 18.2 Å². The molecule has 28 heavy (non-hydrogen) atoms. The maximum absolute atomic E-state index is 12.2. The van der Waals surface area contributed by atoms with Gasteiger partial charge in [-0.05, 0) is 50.2 Å². The van der Waals surface area contributed by atoms with Crippen LogP contribution in [0, 0.1) is 0 Å². The standard InChI is InChI=1S/C21H23N3O4/c1-3-22-20(25)13-27-17-10-8-16(9-11-17)24-21(26)23-14(2)19-12-15-6-4-5-7-18(15)28-19/h4-12,14H,3,13H2,1-2H3,(H,22,25)(H2,23,24,26). The fraction of sp³-hybridized carbons (Fsp3) is 0.238. The number of hydrogen-bond acceptors (Lipinski definition) is 4. The lowest BCUT2D eigenvalue weighted by atomic mass is 10.2. The first-order valence-corrected chi connectivity index (χ1v) is 9.10. The number of anilines is 1. The van der Waals surface area contributed by atoms with Crippen molar-refractivity contribution < 1.29 is 18.7 Å². The molecule has 7 nitrogen and oxygen atoms in total. The molecule has 0 bridgehead atoms. The Morgan fingerprint density at radius 2 is 1.86 bits per heavy atom. The third kappa shape index (κ3) is 5.03. The molecule has 0 aliphatic rings. The summed E-state index contributed by atoms with van der Waals surface area (Å²) in [5.41, 5.74) is 1.40. The van der Waals surface area contributed by atoms with Crippen LogP contribution in [-0.2, 0) is 4.79 Å². The number of hydrogen-bond donors (Lipinski definition) is 3. The van der Waals surface area contributed by atoms with Gasteiger partial charge in [0.25, 0.3) is 5.91 Å². The fourth-order valence-corrected chi connectivity index (χ4v) is 2.68. The van der Waals surface area contributed by atoms with Gasteiger partial charge in [0.2, 0.25) is 0 Å². The van der Waals surface area contributed by atoms with E-state index in [1.54, 1.807) is 24.3 Å². The van der Waals surface area contributed by atoms with E-state index >= 15 is 0 Å². The number of carbonyl (C=O) groups is 2. The molecule has 0 fully saturated rings. The van der Waals surface area contributed by atoms with Crippen molar-refractivity contribution in [1.82, 2.24) is 10.6 Å². The highest BCUT2D eigenvalue weighted by atomic mass is 16.5. The minimum atomic E-state index is -0.344. The van der Waals surface area contributed by atoms with Gasteiger partial charge in [0, 0.05) is 17.6 Å². The Kier molecular flexibility index (Phi) is 6.16. The Hall–Kier alpha value is -3.48. The van der Waals surface area contributed by atoms with Crippen molar-refractivity contribution in [1.29, 1.82) is 0 Å². The zero-order valence-electron chi connectivity index (χ0n) is 15.8. The van der Waals surface area contributed by atoms with Crippen molar-refractivity contribution in [2.24, 2.45) is 0 Å². The number of ether oxygens (including phenoxy) is 1. The first kappa shape index (κ1) is 19.3. The lowest BCUT2D eigenvalue weighted by Gasteiger charge is -2.13. The Morgan fingerprint density at radius 3 is 2.57 bits per heavy atom. The molecule has 3 rings (SSSR count). The van der Waals surface area contributed by atoms with Gasteiger partial charge < -0.3 is 25.1 Å². The molecule has 1 atom stereocenters. The van der Waals surface area contributed by atoms with E-state index in [9.17, 15) is 9.59 Å². The predicted octanol–water partition coefficient (Wildman–Crippen LogP) is 3.83. The van der Waals surface area contributed by atoms with Gasteiger partial charge in [0.1, 0.15) is 17.1 Å². The van der Waals surface area contributed by atoms with Crippen LogP contribution in [0.3, 0.4) is 0 Å². The van der Waals surface area contributed by atoms with Crippen LogP contribution < -0.4 is 20.7 Å². The lowest BCUT2D eigenvalue weighted by Crippen LogP contribution is -2.31. The summed E-state index contributed by atoms with van der Waals surface area (Å²) in [7, 11) is 0. The van der Waals surface area contributed by atoms with E-state index in [0.29, 0.717) is 23.7 Å². The van der Waals surface area contributed by atoms with Crippen LogP contribution in [-0.4, -0.2) is 25.1 Å². The third-order valence-electron chi connectivity index (χ3n) is 4.08. The molecule has 0 radical (unpaired) electrons. The first-order valence-electron chi connectivity index (χ1n) is 9.10. The summed E-state index contributed by atoms with van der Waals surface area (Å²) in [6.07, 6.45) is 0. The molecule has 1 heterocycles. The van der Waals surface area contributed by atoms with Crippen LogP contribution in [0.4, 0.5) is 10.5 Å². The summed E-state index contributed by atoms with van der Waals surface area (Å²) < 4.78 is 11.1. The molecule has 0 aliphatic carbocycles. The topological polar surface area (TPSA) is 92.6 Å². The Morgan fingerprint density at radius 1 is 1.11 bits per heavy atom. The molecule has 0 saturated heterocycles. The smallest absolute Gasteiger partial charge is 0.319 e. The zero-order chi connectivity index (χ0) is 19.9. The minimum Gasteiger partial charge on any atom is -0.484 e. The summed E-state index contributed by atoms with van der Waals surface area (Å²) in [4.78, 5) is 23.6. The molecule has 2 aromatic carbocycles. The van der Waals surface area contributed by atoms with E-state index in [2.05, 4.69) is 16.0 Å². The van der Waals surface area contributed by atoms with Gasteiger partial charge in [-0.15, -0.1) is 0 Å². The average molecular weight is 381 g/mol. The number of likely N-dealkylation sites (N-methyl/N-ethyl adjacent to an activating group) is 1. The number of carbonyl (C=O) groups excluding carboxylic acids is 2. The van der Waals surface area contributed by atoms with E-state index in [-0.39, 0.29) is 24.6 Å². The zero-order valence-corrected chi connectivity index (χ0v) is 15.8. The number of nitrogens with one attached hydrogen (secondary N) is 3. The van der Waals surface area contributed by atoms with Crippen LogP contribution >= 0.6 is 0 Å². The van der Waals surface area contributed by atoms with Gasteiger partial charge >= 0.3 is 6.03 Å². The highest BCUT2D eigenvalue weighted by Gasteiger charge is 2.14. The molecule has 146 valence electrons. The molecular weight excluding hydrogens is 358 g/mol. The lowest BCUT2D eigenvalue weighted by molar-refractivity contribution is -0.122. The van der Waals surface area contributed by atoms with Crippen molar-refractivity contribution in [2.45, 2.75) is 19.9 Å². The van der Waals surface area contributed by atoms with Crippen LogP contribution in [0.2, 0.25) is 0 Å². The Labute approximate surface area is 163 Å². The van der Waals surface area contributed by atoms with Crippen molar-refractivity contribution in [3.05, 3.63) is 60.4 Å². The number of fused-ring (bicyclic) bond motifs is 1. The second-order valence-corrected chi connectivity index (χ2v) is 6.27. The molecule has 1 aromatic heterocycles. The number of amides is 3. The average Bonchev–Trinajstić information content (AvgIpc) is 3.12. The molecule has 0 spiro atoms. The van der Waals surface area contributed by atoms with E-state index < -0.39 is 0 Å². The number of furan rings is 1. The second kappa shape index (κ2) is 8.94. The van der Waals surface area contributed by atoms with E-state index in [4.69, 9.17) is 9.15 Å². The molecular formula is C21H23N3O4. The number of benzene rings is 2. The third-order valence-corrected chi connectivity index (χ3v) is 4.08. The second-order valence-electron chi connectivity index (χ2n) is 6.27. The highest BCUT2D eigenvalue weighted by molar-refractivity contribution is 5.89. The normalized spacial score (nSPS) is 11.6. The Balaban J connectivity index is 1.52. The van der Waals surface area contributed by atoms with E-state index in [1.165, 1.54) is 0 Å². The van der Waals surface area contributed by atoms with Crippen LogP contribution in [0.1, 0.15) is 25.6 Å². The molecule has 3 N–H and O–H groups in total. The maximum Gasteiger partial charge on any atom is 0.319 e. The Bertz CT molecular complexity index is 917. The van der Waals surface area contributed by atoms with Crippen molar-refractivity contribution in [2.75, 3.05) is 18.5 Å². The fourth-order valence-electron chi connectivity index (χ4n) is 2.68. The predicted molar refractivity (Wildman–Crippen MR) is 107 cm³/mol. The molecule has 3 aromatic rings. The van der Waals surface area contributed by atoms with Crippen LogP contribution in [0.15, 0.2) is 59.0 Å². The minimum absolute atomic E-state index is 0.0455. The van der Waals surface area contributed by atoms with Crippen molar-refractivity contribution in [3.8, 4) is 5.75 Å². The number of urea groups is 1. The summed E-state index contributed by atoms with van der Waals surface area (Å²) in [5, 5.41) is 9.26. The van der Waals surface area contributed by atoms with Gasteiger partial charge in [-0.2, -0.15) is 0 Å². The number of rotatable bonds is 7. The quantitative estimate of drug-likeness (QED) is 0.580. The summed E-state index contributed by atoms with van der Waals surface area (Å²) >= 11 is 0. The monoisotopic (exact) mass is 381 g/mol. The molecule has 1 unspecified atom stereocenters. The van der Waals surface area contributed by atoms with Gasteiger partial charge in [0.15, 0.2) is 6.61 Å². The summed E-state index contributed by atoms with van der Waals surface area (Å²) in [6, 6.07) is 15.8. The molecule has 7 heteroatoms. The van der Waals surface area contributed by atoms with Gasteiger partial charge in [-0.25, -0.2) is 4.79 Å². The molecule has 0 saturated carbocycles. The van der Waals surface area contributed by atoms with E-state index in [1.807, 2.05) is 44.2 Å². The summed E-state index contributed by atoms with van der Waals surface area (Å²) in [6.45, 7) is 4.22. The van der Waals surface area contributed by atoms with Crippen LogP contribution in [0.5, 0.6) is 5.75 Å². The van der Waals surface area contributed by atoms with Crippen molar-refractivity contribution >= 4 is 28.6 Å². The van der Waals surface area contributed by atoms with Gasteiger partial charge in [-0.3, -0.25) is 4.79 Å². The number of para-hydroxylation sites is 1. The first-order chi connectivity index (χ1) is 13.5. The molecule has 3 amide bonds. The van der Waals surface area contributed by atoms with Crippen LogP contribution in [0.25, 0.3) is 11.0 Å². The van der Waals surface area contributed by atoms with Crippen molar-refractivity contribution in [3.63, 3.8) is 0 Å². The largest absolute Gasteiger partial charge is 0.484 e. The summed E-state index contributed by atoms with van der Waals surface area (Å²) in [5.74, 6) is 1.06. The van der Waals surface area contributed by atoms with Gasteiger partial charge in [0.05, 0.1) is 6.04 Å². The van der Waals surface area contributed by atoms with E-state index in [0.717, 1.165) is 11.0 Å². The highest BCUT2D eigenvalue weighted by Crippen LogP contribution is 2.23.